The molecule has 0 saturated carbocycles. The Balaban J connectivity index is 0.000000145. The molecule has 588 valence electrons. The molecule has 0 amide bonds. The van der Waals surface area contributed by atoms with Crippen LogP contribution in [-0.4, -0.2) is 39.0 Å². The van der Waals surface area contributed by atoms with Crippen molar-refractivity contribution in [3.8, 4) is 124 Å². The van der Waals surface area contributed by atoms with Crippen LogP contribution in [0.5, 0.6) is 0 Å². The van der Waals surface area contributed by atoms with Crippen molar-refractivity contribution < 1.29 is 27.0 Å². The van der Waals surface area contributed by atoms with Crippen molar-refractivity contribution in [3.05, 3.63) is 412 Å². The first-order valence-corrected chi connectivity index (χ1v) is 42.2. The Morgan fingerprint density at radius 3 is 1.13 bits per heavy atom. The van der Waals surface area contributed by atoms with Crippen molar-refractivity contribution >= 4 is 141 Å². The van der Waals surface area contributed by atoms with Crippen molar-refractivity contribution in [1.82, 2.24) is 39.0 Å². The van der Waals surface area contributed by atoms with Crippen LogP contribution in [0.3, 0.4) is 0 Å². The molecule has 0 aliphatic heterocycles. The van der Waals surface area contributed by atoms with E-state index in [1.165, 1.54) is 20.2 Å². The van der Waals surface area contributed by atoms with E-state index in [0.717, 1.165) is 138 Å². The molecular weight excluding hydrogens is 1560 g/mol. The number of fused-ring (bicyclic) bond motifs is 18. The molecule has 0 radical (unpaired) electrons. The lowest BCUT2D eigenvalue weighted by Crippen LogP contribution is -2.01. The highest BCUT2D eigenvalue weighted by Gasteiger charge is 2.27. The van der Waals surface area contributed by atoms with Crippen LogP contribution in [0.15, 0.2) is 426 Å². The van der Waals surface area contributed by atoms with E-state index in [2.05, 4.69) is 155 Å². The Kier molecular flexibility index (Phi) is 14.6. The molecule has 0 aliphatic carbocycles. The van der Waals surface area contributed by atoms with Crippen LogP contribution < -0.4 is 0 Å². The first kappa shape index (κ1) is 62.3. The lowest BCUT2D eigenvalue weighted by molar-refractivity contribution is 0.669. The van der Waals surface area contributed by atoms with Gasteiger partial charge in [-0.3, -0.25) is 0 Å². The van der Waals surface area contributed by atoms with E-state index in [9.17, 15) is 0 Å². The number of hydrogen-bond donors (Lipinski definition) is 0. The fourth-order valence-corrected chi connectivity index (χ4v) is 19.4. The van der Waals surface area contributed by atoms with Gasteiger partial charge in [0.1, 0.15) is 33.5 Å². The zero-order valence-electron chi connectivity index (χ0n) is 76.7. The van der Waals surface area contributed by atoms with Crippen molar-refractivity contribution in [2.45, 2.75) is 0 Å². The zero-order valence-corrected chi connectivity index (χ0v) is 67.5. The predicted molar refractivity (Wildman–Crippen MR) is 517 cm³/mol. The van der Waals surface area contributed by atoms with Gasteiger partial charge in [-0.05, 0) is 136 Å². The Morgan fingerprint density at radius 2 is 0.587 bits per heavy atom. The van der Waals surface area contributed by atoms with Crippen molar-refractivity contribution in [1.29, 1.82) is 0 Å². The maximum Gasteiger partial charge on any atom is 0.167 e. The molecule has 11 nitrogen and oxygen atoms in total. The number of nitrogens with zero attached hydrogens (tertiary/aromatic N) is 8. The molecular formula is C114H68N8O3S. The summed E-state index contributed by atoms with van der Waals surface area (Å²) in [6.07, 6.45) is 0. The van der Waals surface area contributed by atoms with Gasteiger partial charge in [0, 0.05) is 113 Å². The quantitative estimate of drug-likeness (QED) is 0.117. The van der Waals surface area contributed by atoms with Gasteiger partial charge in [-0.1, -0.05) is 315 Å². The molecule has 0 bridgehead atoms. The van der Waals surface area contributed by atoms with Crippen LogP contribution in [0.2, 0.25) is 0 Å². The highest BCUT2D eigenvalue weighted by molar-refractivity contribution is 7.26. The minimum Gasteiger partial charge on any atom is -0.455 e. The summed E-state index contributed by atoms with van der Waals surface area (Å²) in [5, 5.41) is 12.0. The van der Waals surface area contributed by atoms with Crippen LogP contribution in [-0.2, 0) is 0 Å². The number of hydrogen-bond acceptors (Lipinski definition) is 10. The maximum absolute atomic E-state index is 9.06. The Hall–Kier alpha value is -16.8. The van der Waals surface area contributed by atoms with Crippen LogP contribution in [0.4, 0.5) is 0 Å². The third-order valence-electron chi connectivity index (χ3n) is 23.9. The lowest BCUT2D eigenvalue weighted by Gasteiger charge is -2.13. The van der Waals surface area contributed by atoms with Crippen LogP contribution in [0.25, 0.3) is 254 Å². The van der Waals surface area contributed by atoms with E-state index in [4.69, 9.17) is 56.9 Å². The van der Waals surface area contributed by atoms with Gasteiger partial charge in [0.05, 0.1) is 46.9 Å². The first-order chi connectivity index (χ1) is 66.6. The molecule has 8 aromatic heterocycles. The summed E-state index contributed by atoms with van der Waals surface area (Å²) in [6, 6.07) is 114. The Morgan fingerprint density at radius 1 is 0.214 bits per heavy atom. The molecule has 0 unspecified atom stereocenters. The number of benzene rings is 18. The molecule has 12 heteroatoms. The Labute approximate surface area is 739 Å². The zero-order chi connectivity index (χ0) is 91.6. The standard InChI is InChI=1S/C57H34N4O2.C57H34N4OS/c1-3-15-35(16-4-1)37-29-30-52-46(32-37)47-33-40(61-49-26-10-7-21-42(49)43-22-8-11-27-50(43)61)34-48(54(47)63-52)57-59-55(36-17-5-2-6-18-36)58-56(60-57)39-20-13-19-38(31-39)41-24-14-25-45-44-23-9-12-28-51(44)62-53(41)45;1-3-15-35(16-4-1)37-29-30-51-46(32-37)47-33-40(61-49-26-10-7-21-42(49)43-22-8-11-27-50(43)61)34-48(53(47)62-51)57-59-55(36-17-5-2-6-18-36)58-56(60-57)39-20-13-19-38(31-39)41-24-14-25-45-44-23-9-12-28-52(44)63-54(41)45/h2*1-34H/i2D,5D,6D,17D,18D;1D,3D,4D,15D,16D. The Bertz CT molecular complexity index is 9400. The minimum atomic E-state index is -0.511. The third kappa shape index (κ3) is 12.2. The molecule has 0 aliphatic rings. The van der Waals surface area contributed by atoms with E-state index in [1.807, 2.05) is 194 Å². The summed E-state index contributed by atoms with van der Waals surface area (Å²) >= 11 is 1.79. The highest BCUT2D eigenvalue weighted by Crippen LogP contribution is 2.47. The lowest BCUT2D eigenvalue weighted by atomic mass is 10.00. The molecule has 0 fully saturated rings. The van der Waals surface area contributed by atoms with E-state index in [1.54, 1.807) is 23.5 Å². The van der Waals surface area contributed by atoms with Crippen LogP contribution >= 0.6 is 11.3 Å². The summed E-state index contributed by atoms with van der Waals surface area (Å²) in [6.45, 7) is 0. The molecule has 0 N–H and O–H groups in total. The highest BCUT2D eigenvalue weighted by atomic mass is 32.1. The van der Waals surface area contributed by atoms with Crippen LogP contribution in [0, 0.1) is 0 Å². The predicted octanol–water partition coefficient (Wildman–Crippen LogP) is 30.7. The van der Waals surface area contributed by atoms with E-state index >= 15 is 0 Å². The summed E-state index contributed by atoms with van der Waals surface area (Å²) in [5.41, 5.74) is 19.3. The van der Waals surface area contributed by atoms with Crippen molar-refractivity contribution in [3.63, 3.8) is 0 Å². The van der Waals surface area contributed by atoms with Crippen molar-refractivity contribution in [2.75, 3.05) is 0 Å². The second-order valence-electron chi connectivity index (χ2n) is 31.2. The smallest absolute Gasteiger partial charge is 0.167 e. The summed E-state index contributed by atoms with van der Waals surface area (Å²) in [4.78, 5) is 30.9. The first-order valence-electron chi connectivity index (χ1n) is 46.4. The average molecular weight is 1640 g/mol. The number of aromatic nitrogens is 8. The molecule has 0 saturated heterocycles. The monoisotopic (exact) mass is 1640 g/mol. The summed E-state index contributed by atoms with van der Waals surface area (Å²) in [7, 11) is 0. The second kappa shape index (κ2) is 29.5. The normalized spacial score (nSPS) is 12.9. The average Bonchev–Trinajstić information content (AvgIpc) is 1.59. The largest absolute Gasteiger partial charge is 0.455 e. The SMILES string of the molecule is [2H]c1c([2H])c([2H])c(-c2ccc3oc4c(-c5nc(-c6ccccc6)nc(-c6cccc(-c7cccc8c7sc7ccccc78)c6)n5)cc(-n5c6ccccc6c6ccccc65)cc4c3c2)c([2H])c1[2H].[2H]c1c([2H])c([2H])c(-c2nc(-c3cccc(-c4cccc5c4oc4ccccc45)c3)nc(-c3cc(-n4c5ccccc5c5ccccc54)cc4c3oc3ccc(-c5ccccc5)cc34)n2)c([2H])c1[2H]. The van der Waals surface area contributed by atoms with E-state index in [-0.39, 0.29) is 40.7 Å². The van der Waals surface area contributed by atoms with Gasteiger partial charge < -0.3 is 22.4 Å². The number of rotatable bonds is 12. The molecule has 26 rings (SSSR count). The summed E-state index contributed by atoms with van der Waals surface area (Å²) in [5.74, 6) is 1.74. The minimum absolute atomic E-state index is 0.0790. The van der Waals surface area contributed by atoms with E-state index in [0.29, 0.717) is 67.4 Å². The fraction of sp³-hybridized carbons (Fsp3) is 0. The molecule has 26 aromatic rings. The van der Waals surface area contributed by atoms with Crippen LogP contribution in [0.1, 0.15) is 13.7 Å². The summed E-state index contributed by atoms with van der Waals surface area (Å²) < 4.78 is 114. The number of thiophene rings is 1. The molecule has 0 atom stereocenters. The van der Waals surface area contributed by atoms with Gasteiger partial charge in [-0.2, -0.15) is 0 Å². The molecule has 126 heavy (non-hydrogen) atoms. The van der Waals surface area contributed by atoms with Crippen molar-refractivity contribution in [2.24, 2.45) is 0 Å². The number of furan rings is 3. The van der Waals surface area contributed by atoms with E-state index < -0.39 is 48.3 Å². The number of para-hydroxylation sites is 6. The topological polar surface area (TPSA) is 127 Å². The third-order valence-corrected chi connectivity index (χ3v) is 25.1. The van der Waals surface area contributed by atoms with Gasteiger partial charge in [0.25, 0.3) is 0 Å². The van der Waals surface area contributed by atoms with Gasteiger partial charge in [-0.15, -0.1) is 11.3 Å². The van der Waals surface area contributed by atoms with Gasteiger partial charge in [0.2, 0.25) is 0 Å². The molecule has 18 aromatic carbocycles. The maximum atomic E-state index is 9.06. The van der Waals surface area contributed by atoms with Gasteiger partial charge in [0.15, 0.2) is 34.9 Å². The fourth-order valence-electron chi connectivity index (χ4n) is 18.1. The van der Waals surface area contributed by atoms with Gasteiger partial charge in [-0.25, -0.2) is 29.9 Å². The molecule has 0 spiro atoms. The molecule has 8 heterocycles. The van der Waals surface area contributed by atoms with Gasteiger partial charge >= 0.3 is 0 Å². The second-order valence-corrected chi connectivity index (χ2v) is 32.2.